The highest BCUT2D eigenvalue weighted by Gasteiger charge is 2.21. The van der Waals surface area contributed by atoms with Gasteiger partial charge >= 0.3 is 0 Å². The van der Waals surface area contributed by atoms with E-state index in [4.69, 9.17) is 4.74 Å². The molecular formula is C29H42F2O. The number of halogens is 2. The van der Waals surface area contributed by atoms with Gasteiger partial charge in [-0.05, 0) is 74.5 Å². The normalized spacial score (nSPS) is 24.0. The standard InChI is InChI=1S/C29H42F2O/c1-3-5-6-9-22-12-14-23(15-13-22)10-7-8-11-24-16-18-25(19-17-24)26-20-21-27(32-4-2)29(31)28(26)30/h8,11,18,20-24H,3-7,9-10,12-17,19H2,1-2H3. The van der Waals surface area contributed by atoms with Crippen LogP contribution in [0.2, 0.25) is 0 Å². The maximum absolute atomic E-state index is 14.5. The molecule has 0 spiro atoms. The summed E-state index contributed by atoms with van der Waals surface area (Å²) in [6.07, 6.45) is 23.3. The zero-order chi connectivity index (χ0) is 22.8. The molecule has 3 rings (SSSR count). The molecule has 0 aromatic heterocycles. The molecule has 1 saturated carbocycles. The molecule has 2 aliphatic carbocycles. The van der Waals surface area contributed by atoms with Gasteiger partial charge in [0.1, 0.15) is 0 Å². The Kier molecular flexibility index (Phi) is 10.3. The number of allylic oxidation sites excluding steroid dienone is 4. The first kappa shape index (κ1) is 25.0. The summed E-state index contributed by atoms with van der Waals surface area (Å²) in [5.74, 6) is 0.765. The molecule has 0 radical (unpaired) electrons. The maximum atomic E-state index is 14.5. The lowest BCUT2D eigenvalue weighted by molar-refractivity contribution is 0.250. The Labute approximate surface area is 194 Å². The number of hydrogen-bond donors (Lipinski definition) is 0. The summed E-state index contributed by atoms with van der Waals surface area (Å²) in [7, 11) is 0. The molecule has 1 atom stereocenters. The Morgan fingerprint density at radius 3 is 2.34 bits per heavy atom. The number of hydrogen-bond acceptors (Lipinski definition) is 1. The van der Waals surface area contributed by atoms with E-state index >= 15 is 0 Å². The van der Waals surface area contributed by atoms with E-state index in [0.717, 1.165) is 36.7 Å². The summed E-state index contributed by atoms with van der Waals surface area (Å²) in [5, 5.41) is 0. The SMILES string of the molecule is CCCCCC1CCC(CCC=CC2CC=C(c3ccc(OCC)c(F)c3F)CC2)CC1. The van der Waals surface area contributed by atoms with Crippen LogP contribution in [0.25, 0.3) is 5.57 Å². The lowest BCUT2D eigenvalue weighted by Crippen LogP contribution is -2.14. The molecular weight excluding hydrogens is 402 g/mol. The smallest absolute Gasteiger partial charge is 0.201 e. The van der Waals surface area contributed by atoms with Crippen LogP contribution in [0.15, 0.2) is 30.4 Å². The predicted octanol–water partition coefficient (Wildman–Crippen LogP) is 9.27. The van der Waals surface area contributed by atoms with E-state index in [-0.39, 0.29) is 5.75 Å². The van der Waals surface area contributed by atoms with Crippen molar-refractivity contribution in [3.8, 4) is 5.75 Å². The summed E-state index contributed by atoms with van der Waals surface area (Å²) < 4.78 is 33.8. The maximum Gasteiger partial charge on any atom is 0.201 e. The van der Waals surface area contributed by atoms with Crippen molar-refractivity contribution in [2.75, 3.05) is 6.61 Å². The minimum absolute atomic E-state index is 0.00375. The molecule has 1 nitrogen and oxygen atoms in total. The van der Waals surface area contributed by atoms with Crippen LogP contribution in [0.4, 0.5) is 8.78 Å². The van der Waals surface area contributed by atoms with Crippen molar-refractivity contribution in [3.05, 3.63) is 47.6 Å². The van der Waals surface area contributed by atoms with Gasteiger partial charge in [0.2, 0.25) is 5.82 Å². The first-order valence-corrected chi connectivity index (χ1v) is 13.1. The van der Waals surface area contributed by atoms with E-state index in [1.807, 2.05) is 0 Å². The van der Waals surface area contributed by atoms with E-state index in [2.05, 4.69) is 25.2 Å². The molecule has 1 aromatic carbocycles. The first-order chi connectivity index (χ1) is 15.6. The fraction of sp³-hybridized carbons (Fsp3) is 0.655. The van der Waals surface area contributed by atoms with E-state index in [0.29, 0.717) is 18.1 Å². The second-order valence-corrected chi connectivity index (χ2v) is 9.82. The lowest BCUT2D eigenvalue weighted by atomic mass is 9.78. The molecule has 3 heteroatoms. The van der Waals surface area contributed by atoms with Crippen LogP contribution < -0.4 is 4.74 Å². The topological polar surface area (TPSA) is 9.23 Å². The van der Waals surface area contributed by atoms with Crippen LogP contribution in [-0.4, -0.2) is 6.61 Å². The van der Waals surface area contributed by atoms with Gasteiger partial charge in [0.25, 0.3) is 0 Å². The minimum atomic E-state index is -0.873. The Bertz CT molecular complexity index is 759. The third-order valence-electron chi connectivity index (χ3n) is 7.48. The largest absolute Gasteiger partial charge is 0.491 e. The van der Waals surface area contributed by atoms with Gasteiger partial charge in [-0.2, -0.15) is 4.39 Å². The monoisotopic (exact) mass is 444 g/mol. The average Bonchev–Trinajstić information content (AvgIpc) is 2.82. The molecule has 178 valence electrons. The molecule has 0 N–H and O–H groups in total. The molecule has 1 fully saturated rings. The second kappa shape index (κ2) is 13.2. The minimum Gasteiger partial charge on any atom is -0.491 e. The predicted molar refractivity (Wildman–Crippen MR) is 131 cm³/mol. The summed E-state index contributed by atoms with van der Waals surface area (Å²) >= 11 is 0. The van der Waals surface area contributed by atoms with E-state index < -0.39 is 11.6 Å². The fourth-order valence-corrected chi connectivity index (χ4v) is 5.43. The van der Waals surface area contributed by atoms with Crippen molar-refractivity contribution in [2.45, 2.75) is 97.3 Å². The van der Waals surface area contributed by atoms with Crippen LogP contribution in [0, 0.1) is 29.4 Å². The van der Waals surface area contributed by atoms with Gasteiger partial charge in [0, 0.05) is 5.56 Å². The third-order valence-corrected chi connectivity index (χ3v) is 7.48. The van der Waals surface area contributed by atoms with Gasteiger partial charge in [-0.15, -0.1) is 0 Å². The van der Waals surface area contributed by atoms with Crippen molar-refractivity contribution < 1.29 is 13.5 Å². The Hall–Kier alpha value is -1.64. The highest BCUT2D eigenvalue weighted by Crippen LogP contribution is 2.36. The van der Waals surface area contributed by atoms with Gasteiger partial charge in [-0.3, -0.25) is 0 Å². The van der Waals surface area contributed by atoms with Crippen molar-refractivity contribution in [1.82, 2.24) is 0 Å². The van der Waals surface area contributed by atoms with Crippen molar-refractivity contribution in [2.24, 2.45) is 17.8 Å². The molecule has 1 unspecified atom stereocenters. The molecule has 2 aliphatic rings. The quantitative estimate of drug-likeness (QED) is 0.244. The molecule has 32 heavy (non-hydrogen) atoms. The molecule has 0 amide bonds. The second-order valence-electron chi connectivity index (χ2n) is 9.82. The first-order valence-electron chi connectivity index (χ1n) is 13.1. The van der Waals surface area contributed by atoms with Gasteiger partial charge in [0.15, 0.2) is 11.6 Å². The highest BCUT2D eigenvalue weighted by atomic mass is 19.2. The van der Waals surface area contributed by atoms with Crippen molar-refractivity contribution in [3.63, 3.8) is 0 Å². The highest BCUT2D eigenvalue weighted by molar-refractivity contribution is 5.67. The van der Waals surface area contributed by atoms with Crippen LogP contribution in [0.3, 0.4) is 0 Å². The Morgan fingerprint density at radius 1 is 0.938 bits per heavy atom. The fourth-order valence-electron chi connectivity index (χ4n) is 5.43. The van der Waals surface area contributed by atoms with Gasteiger partial charge in [-0.1, -0.05) is 76.5 Å². The van der Waals surface area contributed by atoms with E-state index in [1.165, 1.54) is 64.2 Å². The van der Waals surface area contributed by atoms with Crippen LogP contribution in [0.1, 0.15) is 103 Å². The number of unbranched alkanes of at least 4 members (excludes halogenated alkanes) is 2. The summed E-state index contributed by atoms with van der Waals surface area (Å²) in [4.78, 5) is 0. The van der Waals surface area contributed by atoms with Crippen molar-refractivity contribution >= 4 is 5.57 Å². The Balaban J connectivity index is 1.39. The zero-order valence-corrected chi connectivity index (χ0v) is 20.2. The van der Waals surface area contributed by atoms with Gasteiger partial charge in [-0.25, -0.2) is 4.39 Å². The van der Waals surface area contributed by atoms with Crippen LogP contribution >= 0.6 is 0 Å². The summed E-state index contributed by atoms with van der Waals surface area (Å²) in [6.45, 7) is 4.38. The van der Waals surface area contributed by atoms with Gasteiger partial charge < -0.3 is 4.74 Å². The molecule has 1 aromatic rings. The third kappa shape index (κ3) is 7.18. The molecule has 0 saturated heterocycles. The lowest BCUT2D eigenvalue weighted by Gasteiger charge is -2.28. The van der Waals surface area contributed by atoms with Gasteiger partial charge in [0.05, 0.1) is 6.61 Å². The Morgan fingerprint density at radius 2 is 1.69 bits per heavy atom. The number of ether oxygens (including phenoxy) is 1. The summed E-state index contributed by atoms with van der Waals surface area (Å²) in [6, 6.07) is 3.20. The number of rotatable bonds is 11. The molecule has 0 aliphatic heterocycles. The van der Waals surface area contributed by atoms with E-state index in [9.17, 15) is 8.78 Å². The van der Waals surface area contributed by atoms with Crippen molar-refractivity contribution in [1.29, 1.82) is 0 Å². The zero-order valence-electron chi connectivity index (χ0n) is 20.2. The molecule has 0 heterocycles. The van der Waals surface area contributed by atoms with Crippen LogP contribution in [0.5, 0.6) is 5.75 Å². The van der Waals surface area contributed by atoms with E-state index in [1.54, 1.807) is 19.1 Å². The van der Waals surface area contributed by atoms with Crippen LogP contribution in [-0.2, 0) is 0 Å². The average molecular weight is 445 g/mol. The number of benzene rings is 1. The molecule has 0 bridgehead atoms. The summed E-state index contributed by atoms with van der Waals surface area (Å²) in [5.41, 5.74) is 1.31.